The molecule has 1 N–H and O–H groups in total. The summed E-state index contributed by atoms with van der Waals surface area (Å²) in [4.78, 5) is 13.5. The number of nitrogens with zero attached hydrogens (tertiary/aromatic N) is 1. The van der Waals surface area contributed by atoms with E-state index in [4.69, 9.17) is 4.74 Å². The number of hydrogen-bond donors (Lipinski definition) is 1. The van der Waals surface area contributed by atoms with E-state index < -0.39 is 17.4 Å². The third kappa shape index (κ3) is 1.89. The first-order valence-corrected chi connectivity index (χ1v) is 6.55. The number of hydrogen-bond acceptors (Lipinski definition) is 3. The van der Waals surface area contributed by atoms with E-state index in [1.165, 1.54) is 11.0 Å². The Balaban J connectivity index is 2.01. The van der Waals surface area contributed by atoms with E-state index in [0.29, 0.717) is 12.3 Å². The van der Waals surface area contributed by atoms with E-state index in [2.05, 4.69) is 5.32 Å². The number of carbonyl (C=O) groups is 1. The average molecular weight is 264 g/mol. The van der Waals surface area contributed by atoms with Crippen molar-refractivity contribution >= 4 is 11.8 Å². The molecule has 2 aliphatic heterocycles. The molecule has 2 unspecified atom stereocenters. The average Bonchev–Trinajstić information content (AvgIpc) is 3.01. The van der Waals surface area contributed by atoms with E-state index in [0.717, 1.165) is 19.5 Å². The highest BCUT2D eigenvalue weighted by atomic mass is 19.1. The molecule has 0 spiro atoms. The molecule has 5 heteroatoms. The SMILES string of the molecule is CC1(C2CCNC2)COC(=O)N1c1ccccc1F. The Morgan fingerprint density at radius 2 is 2.26 bits per heavy atom. The number of halogens is 1. The van der Waals surface area contributed by atoms with Gasteiger partial charge in [0, 0.05) is 6.54 Å². The highest BCUT2D eigenvalue weighted by Gasteiger charge is 2.51. The Labute approximate surface area is 111 Å². The second kappa shape index (κ2) is 4.49. The summed E-state index contributed by atoms with van der Waals surface area (Å²) in [7, 11) is 0. The van der Waals surface area contributed by atoms with Crippen LogP contribution in [-0.4, -0.2) is 31.3 Å². The first kappa shape index (κ1) is 12.4. The summed E-state index contributed by atoms with van der Waals surface area (Å²) in [6.07, 6.45) is 0.512. The van der Waals surface area contributed by atoms with Crippen molar-refractivity contribution < 1.29 is 13.9 Å². The minimum Gasteiger partial charge on any atom is -0.447 e. The fraction of sp³-hybridized carbons (Fsp3) is 0.500. The number of rotatable bonds is 2. The van der Waals surface area contributed by atoms with Crippen LogP contribution in [0.5, 0.6) is 0 Å². The number of ether oxygens (including phenoxy) is 1. The second-order valence-corrected chi connectivity index (χ2v) is 5.39. The molecule has 0 bridgehead atoms. The topological polar surface area (TPSA) is 41.6 Å². The molecule has 2 heterocycles. The molecule has 1 aromatic carbocycles. The highest BCUT2D eigenvalue weighted by molar-refractivity contribution is 5.91. The Kier molecular flexibility index (Phi) is 2.93. The second-order valence-electron chi connectivity index (χ2n) is 5.39. The van der Waals surface area contributed by atoms with Gasteiger partial charge in [0.25, 0.3) is 0 Å². The third-order valence-electron chi connectivity index (χ3n) is 4.21. The third-order valence-corrected chi connectivity index (χ3v) is 4.21. The van der Waals surface area contributed by atoms with Crippen LogP contribution in [0, 0.1) is 11.7 Å². The van der Waals surface area contributed by atoms with Gasteiger partial charge in [0.05, 0.1) is 11.2 Å². The summed E-state index contributed by atoms with van der Waals surface area (Å²) in [5.41, 5.74) is -0.178. The number of carbonyl (C=O) groups excluding carboxylic acids is 1. The lowest BCUT2D eigenvalue weighted by molar-refractivity contribution is 0.166. The van der Waals surface area contributed by atoms with Gasteiger partial charge < -0.3 is 10.1 Å². The lowest BCUT2D eigenvalue weighted by Gasteiger charge is -2.36. The summed E-state index contributed by atoms with van der Waals surface area (Å²) in [6, 6.07) is 6.35. The van der Waals surface area contributed by atoms with Gasteiger partial charge in [-0.05, 0) is 37.9 Å². The van der Waals surface area contributed by atoms with Crippen molar-refractivity contribution in [3.8, 4) is 0 Å². The Hall–Kier alpha value is -1.62. The van der Waals surface area contributed by atoms with Crippen LogP contribution in [0.15, 0.2) is 24.3 Å². The molecule has 3 rings (SSSR count). The van der Waals surface area contributed by atoms with E-state index >= 15 is 0 Å². The molecule has 0 aromatic heterocycles. The van der Waals surface area contributed by atoms with Crippen LogP contribution < -0.4 is 10.2 Å². The maximum absolute atomic E-state index is 14.0. The normalized spacial score (nSPS) is 30.7. The Morgan fingerprint density at radius 3 is 2.95 bits per heavy atom. The van der Waals surface area contributed by atoms with Gasteiger partial charge in [-0.2, -0.15) is 0 Å². The number of amides is 1. The van der Waals surface area contributed by atoms with Crippen LogP contribution in [0.4, 0.5) is 14.9 Å². The van der Waals surface area contributed by atoms with Gasteiger partial charge in [-0.25, -0.2) is 9.18 Å². The van der Waals surface area contributed by atoms with Crippen LogP contribution >= 0.6 is 0 Å². The van der Waals surface area contributed by atoms with E-state index in [9.17, 15) is 9.18 Å². The van der Waals surface area contributed by atoms with E-state index in [-0.39, 0.29) is 5.92 Å². The van der Waals surface area contributed by atoms with Gasteiger partial charge in [-0.1, -0.05) is 12.1 Å². The minimum absolute atomic E-state index is 0.276. The molecule has 19 heavy (non-hydrogen) atoms. The maximum Gasteiger partial charge on any atom is 0.415 e. The molecule has 0 radical (unpaired) electrons. The quantitative estimate of drug-likeness (QED) is 0.890. The molecule has 102 valence electrons. The lowest BCUT2D eigenvalue weighted by Crippen LogP contribution is -2.51. The summed E-state index contributed by atoms with van der Waals surface area (Å²) in [5, 5.41) is 3.29. The fourth-order valence-electron chi connectivity index (χ4n) is 3.04. The van der Waals surface area contributed by atoms with Crippen molar-refractivity contribution in [1.82, 2.24) is 5.32 Å². The van der Waals surface area contributed by atoms with Crippen molar-refractivity contribution in [2.24, 2.45) is 5.92 Å². The van der Waals surface area contributed by atoms with Gasteiger partial charge >= 0.3 is 6.09 Å². The summed E-state index contributed by atoms with van der Waals surface area (Å²) < 4.78 is 19.2. The van der Waals surface area contributed by atoms with Crippen LogP contribution in [-0.2, 0) is 4.74 Å². The number of nitrogens with one attached hydrogen (secondary N) is 1. The zero-order chi connectivity index (χ0) is 13.5. The first-order valence-electron chi connectivity index (χ1n) is 6.55. The largest absolute Gasteiger partial charge is 0.447 e. The number of benzene rings is 1. The summed E-state index contributed by atoms with van der Waals surface area (Å²) >= 11 is 0. The van der Waals surface area contributed by atoms with Crippen molar-refractivity contribution in [3.05, 3.63) is 30.1 Å². The van der Waals surface area contributed by atoms with Crippen LogP contribution in [0.1, 0.15) is 13.3 Å². The molecule has 0 aliphatic carbocycles. The van der Waals surface area contributed by atoms with Crippen molar-refractivity contribution in [1.29, 1.82) is 0 Å². The molecule has 1 aromatic rings. The molecular weight excluding hydrogens is 247 g/mol. The Morgan fingerprint density at radius 1 is 1.47 bits per heavy atom. The van der Waals surface area contributed by atoms with E-state index in [1.54, 1.807) is 18.2 Å². The fourth-order valence-corrected chi connectivity index (χ4v) is 3.04. The van der Waals surface area contributed by atoms with Crippen LogP contribution in [0.25, 0.3) is 0 Å². The monoisotopic (exact) mass is 264 g/mol. The van der Waals surface area contributed by atoms with Gasteiger partial charge in [0.2, 0.25) is 0 Å². The molecule has 0 saturated carbocycles. The minimum atomic E-state index is -0.483. The molecule has 4 nitrogen and oxygen atoms in total. The summed E-state index contributed by atoms with van der Waals surface area (Å²) in [6.45, 7) is 4.05. The smallest absolute Gasteiger partial charge is 0.415 e. The van der Waals surface area contributed by atoms with Crippen molar-refractivity contribution in [2.45, 2.75) is 18.9 Å². The number of para-hydroxylation sites is 1. The lowest BCUT2D eigenvalue weighted by atomic mass is 9.84. The molecule has 2 fully saturated rings. The first-order chi connectivity index (χ1) is 9.13. The zero-order valence-corrected chi connectivity index (χ0v) is 10.9. The molecular formula is C14H17FN2O2. The number of cyclic esters (lactones) is 1. The van der Waals surface area contributed by atoms with Gasteiger partial charge in [0.1, 0.15) is 12.4 Å². The summed E-state index contributed by atoms with van der Waals surface area (Å²) in [5.74, 6) is -0.114. The maximum atomic E-state index is 14.0. The number of anilines is 1. The molecule has 2 atom stereocenters. The predicted octanol–water partition coefficient (Wildman–Crippen LogP) is 2.15. The molecule has 1 amide bonds. The van der Waals surface area contributed by atoms with Crippen molar-refractivity contribution in [3.63, 3.8) is 0 Å². The van der Waals surface area contributed by atoms with Crippen LogP contribution in [0.2, 0.25) is 0 Å². The predicted molar refractivity (Wildman–Crippen MR) is 69.6 cm³/mol. The van der Waals surface area contributed by atoms with E-state index in [1.807, 2.05) is 6.92 Å². The highest BCUT2D eigenvalue weighted by Crippen LogP contribution is 2.39. The van der Waals surface area contributed by atoms with Gasteiger partial charge in [-0.15, -0.1) is 0 Å². The molecule has 2 aliphatic rings. The Bertz CT molecular complexity index is 502. The molecule has 2 saturated heterocycles. The van der Waals surface area contributed by atoms with Crippen LogP contribution in [0.3, 0.4) is 0 Å². The standard InChI is InChI=1S/C14H17FN2O2/c1-14(10-6-7-16-8-10)9-19-13(18)17(14)12-5-3-2-4-11(12)15/h2-5,10,16H,6-9H2,1H3. The van der Waals surface area contributed by atoms with Crippen molar-refractivity contribution in [2.75, 3.05) is 24.6 Å². The zero-order valence-electron chi connectivity index (χ0n) is 10.9. The van der Waals surface area contributed by atoms with Gasteiger partial charge in [0.15, 0.2) is 0 Å². The van der Waals surface area contributed by atoms with Gasteiger partial charge in [-0.3, -0.25) is 4.90 Å².